The summed E-state index contributed by atoms with van der Waals surface area (Å²) in [6.45, 7) is 4.87. The van der Waals surface area contributed by atoms with Crippen LogP contribution in [0.15, 0.2) is 36.5 Å². The van der Waals surface area contributed by atoms with Crippen LogP contribution in [0, 0.1) is 11.8 Å². The molecule has 1 aromatic heterocycles. The Morgan fingerprint density at radius 2 is 1.73 bits per heavy atom. The van der Waals surface area contributed by atoms with Gasteiger partial charge in [0, 0.05) is 54.1 Å². The van der Waals surface area contributed by atoms with Crippen molar-refractivity contribution in [3.05, 3.63) is 53.2 Å². The fraction of sp³-hybridized carbons (Fsp3) is 0.517. The molecule has 3 heterocycles. The van der Waals surface area contributed by atoms with Gasteiger partial charge in [0.2, 0.25) is 0 Å². The smallest absolute Gasteiger partial charge is 0.251 e. The number of carbonyl (C=O) groups excluding carboxylic acids is 3. The van der Waals surface area contributed by atoms with Gasteiger partial charge in [-0.05, 0) is 80.7 Å². The number of piperidine rings is 1. The van der Waals surface area contributed by atoms with Gasteiger partial charge in [-0.15, -0.1) is 0 Å². The van der Waals surface area contributed by atoms with E-state index in [2.05, 4.69) is 20.5 Å². The molecule has 0 radical (unpaired) electrons. The van der Waals surface area contributed by atoms with Gasteiger partial charge in [-0.1, -0.05) is 13.8 Å². The number of nitrogens with two attached hydrogens (primary N) is 1. The first-order chi connectivity index (χ1) is 17.8. The standard InChI is InChI=1S/C29H37N5O3/c1-17(2)11-26(35)20-6-10-27(32-16-20)34-22-7-8-23(34)14-21(13-22)33-29(37)19-5-9-24(28(30)36)25(12-19)31-15-18-3-4-18/h5-6,9-10,12,16-18,21-23,31H,3-4,7-8,11,13-15H2,1-2H3,(H2,30,36)(H,33,37). The van der Waals surface area contributed by atoms with Gasteiger partial charge >= 0.3 is 0 Å². The van der Waals surface area contributed by atoms with E-state index in [1.54, 1.807) is 24.4 Å². The summed E-state index contributed by atoms with van der Waals surface area (Å²) in [6.07, 6.45) is 8.45. The topological polar surface area (TPSA) is 117 Å². The fourth-order valence-electron chi connectivity index (χ4n) is 5.75. The molecule has 2 amide bonds. The molecule has 2 aliphatic heterocycles. The minimum atomic E-state index is -0.500. The van der Waals surface area contributed by atoms with Crippen LogP contribution in [0.5, 0.6) is 0 Å². The Labute approximate surface area is 218 Å². The molecule has 4 N–H and O–H groups in total. The molecule has 2 bridgehead atoms. The van der Waals surface area contributed by atoms with E-state index in [4.69, 9.17) is 5.73 Å². The third-order valence-electron chi connectivity index (χ3n) is 7.82. The minimum Gasteiger partial charge on any atom is -0.384 e. The highest BCUT2D eigenvalue weighted by Crippen LogP contribution is 2.39. The summed E-state index contributed by atoms with van der Waals surface area (Å²) in [5, 5.41) is 6.54. The second kappa shape index (κ2) is 10.5. The van der Waals surface area contributed by atoms with E-state index in [0.29, 0.717) is 52.7 Å². The zero-order valence-corrected chi connectivity index (χ0v) is 21.7. The van der Waals surface area contributed by atoms with Crippen molar-refractivity contribution in [3.63, 3.8) is 0 Å². The molecule has 2 aromatic rings. The first kappa shape index (κ1) is 25.2. The molecule has 2 atom stereocenters. The van der Waals surface area contributed by atoms with Gasteiger partial charge < -0.3 is 21.3 Å². The van der Waals surface area contributed by atoms with E-state index < -0.39 is 5.91 Å². The number of primary amides is 1. The van der Waals surface area contributed by atoms with Crippen LogP contribution < -0.4 is 21.3 Å². The normalized spacial score (nSPS) is 22.7. The summed E-state index contributed by atoms with van der Waals surface area (Å²) >= 11 is 0. The third-order valence-corrected chi connectivity index (χ3v) is 7.82. The van der Waals surface area contributed by atoms with Crippen LogP contribution >= 0.6 is 0 Å². The van der Waals surface area contributed by atoms with E-state index in [1.807, 2.05) is 26.0 Å². The predicted molar refractivity (Wildman–Crippen MR) is 144 cm³/mol. The maximum atomic E-state index is 13.1. The Morgan fingerprint density at radius 3 is 2.32 bits per heavy atom. The number of nitrogens with zero attached hydrogens (tertiary/aromatic N) is 2. The van der Waals surface area contributed by atoms with Crippen LogP contribution in [0.1, 0.15) is 89.9 Å². The van der Waals surface area contributed by atoms with Crippen molar-refractivity contribution in [1.29, 1.82) is 0 Å². The highest BCUT2D eigenvalue weighted by atomic mass is 16.2. The zero-order chi connectivity index (χ0) is 26.1. The SMILES string of the molecule is CC(C)CC(=O)c1ccc(N2C3CCC2CC(NC(=O)c2ccc(C(N)=O)c(NCC4CC4)c2)C3)nc1. The number of aromatic nitrogens is 1. The molecule has 0 spiro atoms. The number of nitrogens with one attached hydrogen (secondary N) is 2. The van der Waals surface area contributed by atoms with Gasteiger partial charge in [-0.3, -0.25) is 14.4 Å². The number of amides is 2. The molecule has 1 saturated carbocycles. The van der Waals surface area contributed by atoms with Gasteiger partial charge in [0.05, 0.1) is 5.56 Å². The highest BCUT2D eigenvalue weighted by molar-refractivity contribution is 6.02. The van der Waals surface area contributed by atoms with E-state index in [0.717, 1.165) is 38.0 Å². The Bertz CT molecular complexity index is 1160. The van der Waals surface area contributed by atoms with E-state index in [9.17, 15) is 14.4 Å². The molecule has 1 aromatic carbocycles. The Morgan fingerprint density at radius 1 is 1.03 bits per heavy atom. The quantitative estimate of drug-likeness (QED) is 0.419. The lowest BCUT2D eigenvalue weighted by atomic mass is 9.96. The van der Waals surface area contributed by atoms with Crippen LogP contribution in [-0.4, -0.2) is 47.3 Å². The molecular weight excluding hydrogens is 466 g/mol. The van der Waals surface area contributed by atoms with Crippen LogP contribution in [0.3, 0.4) is 0 Å². The number of fused-ring (bicyclic) bond motifs is 2. The maximum absolute atomic E-state index is 13.1. The second-order valence-corrected chi connectivity index (χ2v) is 11.3. The molecule has 3 fully saturated rings. The average Bonchev–Trinajstić information content (AvgIpc) is 3.66. The summed E-state index contributed by atoms with van der Waals surface area (Å²) in [5.41, 5.74) is 7.78. The number of hydrogen-bond acceptors (Lipinski definition) is 6. The van der Waals surface area contributed by atoms with Crippen LogP contribution in [0.4, 0.5) is 11.5 Å². The van der Waals surface area contributed by atoms with Crippen molar-refractivity contribution in [2.24, 2.45) is 17.6 Å². The molecule has 5 rings (SSSR count). The first-order valence-electron chi connectivity index (χ1n) is 13.5. The number of rotatable bonds is 10. The first-order valence-corrected chi connectivity index (χ1v) is 13.5. The van der Waals surface area contributed by atoms with Gasteiger partial charge in [0.1, 0.15) is 5.82 Å². The third kappa shape index (κ3) is 5.78. The highest BCUT2D eigenvalue weighted by Gasteiger charge is 2.42. The summed E-state index contributed by atoms with van der Waals surface area (Å²) in [7, 11) is 0. The summed E-state index contributed by atoms with van der Waals surface area (Å²) < 4.78 is 0. The summed E-state index contributed by atoms with van der Waals surface area (Å²) in [6, 6.07) is 9.61. The van der Waals surface area contributed by atoms with Crippen molar-refractivity contribution in [2.75, 3.05) is 16.8 Å². The molecule has 2 saturated heterocycles. The van der Waals surface area contributed by atoms with Gasteiger partial charge in [0.25, 0.3) is 11.8 Å². The summed E-state index contributed by atoms with van der Waals surface area (Å²) in [5.74, 6) is 1.36. The monoisotopic (exact) mass is 503 g/mol. The number of ketones is 1. The van der Waals surface area contributed by atoms with Crippen LogP contribution in [0.25, 0.3) is 0 Å². The Kier molecular flexibility index (Phi) is 7.17. The van der Waals surface area contributed by atoms with E-state index >= 15 is 0 Å². The molecule has 196 valence electrons. The second-order valence-electron chi connectivity index (χ2n) is 11.3. The molecule has 8 nitrogen and oxygen atoms in total. The Hall–Kier alpha value is -3.42. The molecule has 3 aliphatic rings. The van der Waals surface area contributed by atoms with Crippen molar-refractivity contribution >= 4 is 29.1 Å². The predicted octanol–water partition coefficient (Wildman–Crippen LogP) is 4.16. The van der Waals surface area contributed by atoms with E-state index in [1.165, 1.54) is 12.8 Å². The van der Waals surface area contributed by atoms with Crippen molar-refractivity contribution in [3.8, 4) is 0 Å². The molecule has 37 heavy (non-hydrogen) atoms. The van der Waals surface area contributed by atoms with Gasteiger partial charge in [-0.2, -0.15) is 0 Å². The van der Waals surface area contributed by atoms with Crippen molar-refractivity contribution in [1.82, 2.24) is 10.3 Å². The Balaban J connectivity index is 1.22. The van der Waals surface area contributed by atoms with Crippen LogP contribution in [0.2, 0.25) is 0 Å². The molecular formula is C29H37N5O3. The zero-order valence-electron chi connectivity index (χ0n) is 21.7. The number of hydrogen-bond donors (Lipinski definition) is 3. The largest absolute Gasteiger partial charge is 0.384 e. The lowest BCUT2D eigenvalue weighted by Gasteiger charge is -2.40. The number of Topliss-reactive ketones (excluding diaryl/α,β-unsaturated/α-hetero) is 1. The molecule has 2 unspecified atom stereocenters. The average molecular weight is 504 g/mol. The fourth-order valence-corrected chi connectivity index (χ4v) is 5.75. The molecule has 1 aliphatic carbocycles. The van der Waals surface area contributed by atoms with Crippen molar-refractivity contribution in [2.45, 2.75) is 76.9 Å². The van der Waals surface area contributed by atoms with Crippen molar-refractivity contribution < 1.29 is 14.4 Å². The lowest BCUT2D eigenvalue weighted by Crippen LogP contribution is -2.50. The van der Waals surface area contributed by atoms with Gasteiger partial charge in [0.15, 0.2) is 5.78 Å². The maximum Gasteiger partial charge on any atom is 0.251 e. The number of anilines is 2. The number of benzene rings is 1. The van der Waals surface area contributed by atoms with Crippen LogP contribution in [-0.2, 0) is 0 Å². The number of carbonyl (C=O) groups is 3. The number of pyridine rings is 1. The van der Waals surface area contributed by atoms with Gasteiger partial charge in [-0.25, -0.2) is 4.98 Å². The van der Waals surface area contributed by atoms with E-state index in [-0.39, 0.29) is 17.7 Å². The molecule has 8 heteroatoms. The lowest BCUT2D eigenvalue weighted by molar-refractivity contribution is 0.0924. The minimum absolute atomic E-state index is 0.0758. The summed E-state index contributed by atoms with van der Waals surface area (Å²) in [4.78, 5) is 44.4.